The zero-order valence-corrected chi connectivity index (χ0v) is 16.9. The summed E-state index contributed by atoms with van der Waals surface area (Å²) < 4.78 is 27.9. The second kappa shape index (κ2) is 8.95. The fourth-order valence-corrected chi connectivity index (χ4v) is 4.29. The Hall–Kier alpha value is -3.10. The number of hydrazine groups is 1. The molecule has 0 bridgehead atoms. The molecule has 2 aromatic carbocycles. The van der Waals surface area contributed by atoms with E-state index in [9.17, 15) is 18.4 Å². The van der Waals surface area contributed by atoms with E-state index < -0.39 is 29.5 Å². The van der Waals surface area contributed by atoms with Crippen molar-refractivity contribution in [3.05, 3.63) is 78.4 Å². The number of likely N-dealkylation sites (tertiary alicyclic amines) is 1. The molecule has 4 rings (SSSR count). The van der Waals surface area contributed by atoms with E-state index in [2.05, 4.69) is 17.3 Å². The standard InChI is InChI=1S/C23H24F2N4O2/c1-2-11-28-13-17(22(30)26-12-16-19(24)9-6-10-20(16)25)21-18(14-28)23(31)29(27-21)15-7-4-3-5-8-15/h2-10,17-18,21,27H,1,11-14H2,(H,26,30). The normalized spacial score (nSPS) is 23.5. The Morgan fingerprint density at radius 2 is 1.84 bits per heavy atom. The lowest BCUT2D eigenvalue weighted by Crippen LogP contribution is -2.57. The summed E-state index contributed by atoms with van der Waals surface area (Å²) in [5.74, 6) is -2.88. The Balaban J connectivity index is 1.54. The zero-order valence-electron chi connectivity index (χ0n) is 16.9. The lowest BCUT2D eigenvalue weighted by atomic mass is 9.84. The number of amides is 2. The van der Waals surface area contributed by atoms with Crippen molar-refractivity contribution in [2.45, 2.75) is 12.6 Å². The Bertz CT molecular complexity index is 965. The first-order valence-electron chi connectivity index (χ1n) is 10.2. The molecule has 8 heteroatoms. The van der Waals surface area contributed by atoms with Crippen LogP contribution >= 0.6 is 0 Å². The van der Waals surface area contributed by atoms with Gasteiger partial charge in [-0.2, -0.15) is 0 Å². The average Bonchev–Trinajstić information content (AvgIpc) is 3.10. The second-order valence-corrected chi connectivity index (χ2v) is 7.80. The van der Waals surface area contributed by atoms with Crippen LogP contribution in [0.5, 0.6) is 0 Å². The molecule has 2 aliphatic heterocycles. The topological polar surface area (TPSA) is 64.7 Å². The van der Waals surface area contributed by atoms with E-state index >= 15 is 0 Å². The molecule has 162 valence electrons. The van der Waals surface area contributed by atoms with Crippen molar-refractivity contribution in [1.82, 2.24) is 15.6 Å². The third-order valence-corrected chi connectivity index (χ3v) is 5.83. The van der Waals surface area contributed by atoms with Gasteiger partial charge < -0.3 is 5.32 Å². The summed E-state index contributed by atoms with van der Waals surface area (Å²) in [6.45, 7) is 4.93. The Kier molecular flexibility index (Phi) is 6.11. The number of nitrogens with zero attached hydrogens (tertiary/aromatic N) is 2. The number of carbonyl (C=O) groups is 2. The minimum absolute atomic E-state index is 0.108. The van der Waals surface area contributed by atoms with Gasteiger partial charge in [0.25, 0.3) is 0 Å². The summed E-state index contributed by atoms with van der Waals surface area (Å²) in [4.78, 5) is 28.2. The van der Waals surface area contributed by atoms with Gasteiger partial charge in [-0.05, 0) is 24.3 Å². The summed E-state index contributed by atoms with van der Waals surface area (Å²) in [6.07, 6.45) is 1.73. The van der Waals surface area contributed by atoms with Crippen molar-refractivity contribution < 1.29 is 18.4 Å². The second-order valence-electron chi connectivity index (χ2n) is 7.80. The van der Waals surface area contributed by atoms with Gasteiger partial charge in [0.1, 0.15) is 11.6 Å². The first-order chi connectivity index (χ1) is 15.0. The van der Waals surface area contributed by atoms with Crippen LogP contribution in [-0.2, 0) is 16.1 Å². The number of para-hydroxylation sites is 1. The molecule has 3 atom stereocenters. The first kappa shape index (κ1) is 21.1. The maximum absolute atomic E-state index is 13.9. The molecule has 0 radical (unpaired) electrons. The number of anilines is 1. The van der Waals surface area contributed by atoms with Gasteiger partial charge in [0.2, 0.25) is 11.8 Å². The van der Waals surface area contributed by atoms with Crippen molar-refractivity contribution in [2.75, 3.05) is 24.6 Å². The van der Waals surface area contributed by atoms with Gasteiger partial charge in [0.05, 0.1) is 23.6 Å². The molecule has 3 unspecified atom stereocenters. The molecule has 2 aromatic rings. The van der Waals surface area contributed by atoms with Crippen LogP contribution < -0.4 is 15.8 Å². The Morgan fingerprint density at radius 1 is 1.13 bits per heavy atom. The molecule has 2 amide bonds. The largest absolute Gasteiger partial charge is 0.351 e. The number of benzene rings is 2. The molecule has 2 aliphatic rings. The molecule has 0 spiro atoms. The molecule has 6 nitrogen and oxygen atoms in total. The molecule has 31 heavy (non-hydrogen) atoms. The first-order valence-corrected chi connectivity index (χ1v) is 10.2. The van der Waals surface area contributed by atoms with Crippen molar-refractivity contribution in [2.24, 2.45) is 11.8 Å². The summed E-state index contributed by atoms with van der Waals surface area (Å²) in [5.41, 5.74) is 3.71. The molecule has 0 aliphatic carbocycles. The van der Waals surface area contributed by atoms with Gasteiger partial charge >= 0.3 is 0 Å². The van der Waals surface area contributed by atoms with Crippen molar-refractivity contribution in [3.63, 3.8) is 0 Å². The smallest absolute Gasteiger partial charge is 0.247 e. The highest BCUT2D eigenvalue weighted by Crippen LogP contribution is 2.32. The fourth-order valence-electron chi connectivity index (χ4n) is 4.29. The highest BCUT2D eigenvalue weighted by molar-refractivity contribution is 5.98. The third kappa shape index (κ3) is 4.22. The van der Waals surface area contributed by atoms with Crippen LogP contribution in [0.1, 0.15) is 5.56 Å². The van der Waals surface area contributed by atoms with Crippen LogP contribution in [-0.4, -0.2) is 42.4 Å². The van der Waals surface area contributed by atoms with E-state index in [1.807, 2.05) is 35.2 Å². The van der Waals surface area contributed by atoms with Crippen molar-refractivity contribution in [1.29, 1.82) is 0 Å². The van der Waals surface area contributed by atoms with E-state index in [1.54, 1.807) is 6.08 Å². The number of rotatable bonds is 6. The van der Waals surface area contributed by atoms with Crippen molar-refractivity contribution >= 4 is 17.5 Å². The van der Waals surface area contributed by atoms with Crippen LogP contribution in [0.15, 0.2) is 61.2 Å². The maximum Gasteiger partial charge on any atom is 0.247 e. The molecular formula is C23H24F2N4O2. The molecule has 2 fully saturated rings. The van der Waals surface area contributed by atoms with Gasteiger partial charge in [-0.1, -0.05) is 30.3 Å². The van der Waals surface area contributed by atoms with Gasteiger partial charge in [-0.15, -0.1) is 6.58 Å². The van der Waals surface area contributed by atoms with Gasteiger partial charge in [-0.3, -0.25) is 14.5 Å². The number of hydrogen-bond acceptors (Lipinski definition) is 4. The average molecular weight is 426 g/mol. The van der Waals surface area contributed by atoms with Crippen LogP contribution in [0, 0.1) is 23.5 Å². The van der Waals surface area contributed by atoms with Gasteiger partial charge in [0.15, 0.2) is 0 Å². The summed E-state index contributed by atoms with van der Waals surface area (Å²) in [6, 6.07) is 12.3. The Labute approximate surface area is 179 Å². The van der Waals surface area contributed by atoms with Crippen molar-refractivity contribution in [3.8, 4) is 0 Å². The zero-order chi connectivity index (χ0) is 22.0. The summed E-state index contributed by atoms with van der Waals surface area (Å²) >= 11 is 0. The lowest BCUT2D eigenvalue weighted by molar-refractivity contribution is -0.129. The maximum atomic E-state index is 13.9. The Morgan fingerprint density at radius 3 is 2.52 bits per heavy atom. The highest BCUT2D eigenvalue weighted by Gasteiger charge is 2.50. The third-order valence-electron chi connectivity index (χ3n) is 5.83. The molecular weight excluding hydrogens is 402 g/mol. The van der Waals surface area contributed by atoms with Crippen LogP contribution in [0.25, 0.3) is 0 Å². The quantitative estimate of drug-likeness (QED) is 0.696. The number of fused-ring (bicyclic) bond motifs is 1. The molecule has 0 saturated carbocycles. The number of halogens is 2. The number of piperidine rings is 1. The predicted octanol–water partition coefficient (Wildman–Crippen LogP) is 2.24. The van der Waals surface area contributed by atoms with Crippen LogP contribution in [0.3, 0.4) is 0 Å². The molecule has 2 N–H and O–H groups in total. The molecule has 2 saturated heterocycles. The molecule has 2 heterocycles. The summed E-state index contributed by atoms with van der Waals surface area (Å²) in [7, 11) is 0. The van der Waals surface area contributed by atoms with Crippen LogP contribution in [0.2, 0.25) is 0 Å². The van der Waals surface area contributed by atoms with E-state index in [0.717, 1.165) is 12.1 Å². The van der Waals surface area contributed by atoms with Gasteiger partial charge in [0, 0.05) is 31.7 Å². The monoisotopic (exact) mass is 426 g/mol. The fraction of sp³-hybridized carbons (Fsp3) is 0.304. The van der Waals surface area contributed by atoms with E-state index in [4.69, 9.17) is 0 Å². The number of nitrogens with one attached hydrogen (secondary N) is 2. The predicted molar refractivity (Wildman–Crippen MR) is 113 cm³/mol. The summed E-state index contributed by atoms with van der Waals surface area (Å²) in [5, 5.41) is 4.14. The number of carbonyl (C=O) groups excluding carboxylic acids is 2. The van der Waals surface area contributed by atoms with E-state index in [-0.39, 0.29) is 23.9 Å². The van der Waals surface area contributed by atoms with Gasteiger partial charge in [-0.25, -0.2) is 19.2 Å². The minimum Gasteiger partial charge on any atom is -0.351 e. The van der Waals surface area contributed by atoms with E-state index in [0.29, 0.717) is 25.3 Å². The molecule has 0 aromatic heterocycles. The lowest BCUT2D eigenvalue weighted by Gasteiger charge is -2.37. The minimum atomic E-state index is -0.709. The van der Waals surface area contributed by atoms with Crippen LogP contribution in [0.4, 0.5) is 14.5 Å². The van der Waals surface area contributed by atoms with E-state index in [1.165, 1.54) is 11.1 Å². The number of hydrogen-bond donors (Lipinski definition) is 2. The SMILES string of the molecule is C=CCN1CC(C(=O)NCc2c(F)cccc2F)C2NN(c3ccccc3)C(=O)C2C1. The highest BCUT2D eigenvalue weighted by atomic mass is 19.1.